The summed E-state index contributed by atoms with van der Waals surface area (Å²) in [5.74, 6) is -1.32. The van der Waals surface area contributed by atoms with Crippen molar-refractivity contribution in [2.24, 2.45) is 0 Å². The monoisotopic (exact) mass is 356 g/mol. The highest BCUT2D eigenvalue weighted by Gasteiger charge is 2.14. The van der Waals surface area contributed by atoms with E-state index in [9.17, 15) is 9.59 Å². The van der Waals surface area contributed by atoms with Crippen LogP contribution in [0.25, 0.3) is 10.2 Å². The predicted molar refractivity (Wildman–Crippen MR) is 80.9 cm³/mol. The van der Waals surface area contributed by atoms with Crippen LogP contribution < -0.4 is 5.32 Å². The molecule has 1 unspecified atom stereocenters. The molecule has 7 heteroatoms. The number of carbonyl (C=O) groups is 2. The minimum Gasteiger partial charge on any atom is -0.480 e. The van der Waals surface area contributed by atoms with Crippen LogP contribution in [-0.4, -0.2) is 28.0 Å². The summed E-state index contributed by atoms with van der Waals surface area (Å²) in [7, 11) is 0. The van der Waals surface area contributed by atoms with E-state index < -0.39 is 12.0 Å². The number of nitrogens with zero attached hydrogens (tertiary/aromatic N) is 1. The van der Waals surface area contributed by atoms with E-state index in [0.717, 1.165) is 19.7 Å². The Morgan fingerprint density at radius 3 is 2.95 bits per heavy atom. The number of aliphatic carboxylic acids is 1. The van der Waals surface area contributed by atoms with Gasteiger partial charge >= 0.3 is 5.97 Å². The molecule has 2 N–H and O–H groups in total. The third-order valence-corrected chi connectivity index (χ3v) is 4.30. The molecule has 1 atom stereocenters. The standard InChI is InChI=1S/C13H13BrN2O3S/c1-7(13(18)19)15-11(17)4-5-12-16-9-6-8(14)2-3-10(9)20-12/h2-3,6-7H,4-5H2,1H3,(H,15,17)(H,18,19). The lowest BCUT2D eigenvalue weighted by Crippen LogP contribution is -2.38. The number of rotatable bonds is 5. The van der Waals surface area contributed by atoms with Crippen molar-refractivity contribution >= 4 is 49.4 Å². The summed E-state index contributed by atoms with van der Waals surface area (Å²) in [6.07, 6.45) is 0.744. The highest BCUT2D eigenvalue weighted by atomic mass is 79.9. The summed E-state index contributed by atoms with van der Waals surface area (Å²) >= 11 is 4.93. The van der Waals surface area contributed by atoms with E-state index >= 15 is 0 Å². The fraction of sp³-hybridized carbons (Fsp3) is 0.308. The van der Waals surface area contributed by atoms with E-state index in [1.165, 1.54) is 6.92 Å². The molecule has 1 heterocycles. The molecule has 0 saturated heterocycles. The number of carbonyl (C=O) groups excluding carboxylic acids is 1. The Hall–Kier alpha value is -1.47. The first kappa shape index (κ1) is 14.9. The number of thiazole rings is 1. The number of hydrogen-bond donors (Lipinski definition) is 2. The maximum atomic E-state index is 11.6. The molecule has 0 aliphatic carbocycles. The summed E-state index contributed by atoms with van der Waals surface area (Å²) in [5, 5.41) is 12.0. The topological polar surface area (TPSA) is 79.3 Å². The molecule has 0 spiro atoms. The SMILES string of the molecule is CC(NC(=O)CCc1nc2cc(Br)ccc2s1)C(=O)O. The van der Waals surface area contributed by atoms with Crippen LogP contribution in [0.1, 0.15) is 18.4 Å². The van der Waals surface area contributed by atoms with E-state index in [4.69, 9.17) is 5.11 Å². The van der Waals surface area contributed by atoms with E-state index in [2.05, 4.69) is 26.2 Å². The molecule has 2 aromatic rings. The molecular weight excluding hydrogens is 344 g/mol. The highest BCUT2D eigenvalue weighted by Crippen LogP contribution is 2.25. The smallest absolute Gasteiger partial charge is 0.325 e. The van der Waals surface area contributed by atoms with Gasteiger partial charge in [0.15, 0.2) is 0 Å². The van der Waals surface area contributed by atoms with Gasteiger partial charge in [-0.25, -0.2) is 4.98 Å². The van der Waals surface area contributed by atoms with Crippen molar-refractivity contribution in [3.63, 3.8) is 0 Å². The van der Waals surface area contributed by atoms with Crippen LogP contribution in [0.2, 0.25) is 0 Å². The number of aryl methyl sites for hydroxylation is 1. The van der Waals surface area contributed by atoms with Gasteiger partial charge in [-0.15, -0.1) is 11.3 Å². The molecule has 2 rings (SSSR count). The molecular formula is C13H13BrN2O3S. The van der Waals surface area contributed by atoms with Crippen LogP contribution >= 0.6 is 27.3 Å². The lowest BCUT2D eigenvalue weighted by molar-refractivity contribution is -0.141. The molecule has 0 aliphatic rings. The van der Waals surface area contributed by atoms with Gasteiger partial charge in [-0.3, -0.25) is 9.59 Å². The average Bonchev–Trinajstić information content (AvgIpc) is 2.78. The minimum absolute atomic E-state index is 0.235. The highest BCUT2D eigenvalue weighted by molar-refractivity contribution is 9.10. The number of amides is 1. The second-order valence-electron chi connectivity index (χ2n) is 4.35. The van der Waals surface area contributed by atoms with Crippen molar-refractivity contribution < 1.29 is 14.7 Å². The molecule has 0 bridgehead atoms. The zero-order valence-electron chi connectivity index (χ0n) is 10.7. The van der Waals surface area contributed by atoms with Gasteiger partial charge < -0.3 is 10.4 Å². The van der Waals surface area contributed by atoms with E-state index in [0.29, 0.717) is 6.42 Å². The van der Waals surface area contributed by atoms with Crippen molar-refractivity contribution in [3.8, 4) is 0 Å². The zero-order chi connectivity index (χ0) is 14.7. The summed E-state index contributed by atoms with van der Waals surface area (Å²) in [6, 6.07) is 4.99. The number of nitrogens with one attached hydrogen (secondary N) is 1. The lowest BCUT2D eigenvalue weighted by atomic mass is 10.2. The van der Waals surface area contributed by atoms with Crippen LogP contribution in [0.15, 0.2) is 22.7 Å². The first-order chi connectivity index (χ1) is 9.45. The Labute approximate surface area is 128 Å². The number of carboxylic acid groups (broad SMARTS) is 1. The van der Waals surface area contributed by atoms with Gasteiger partial charge in [0.25, 0.3) is 0 Å². The number of aromatic nitrogens is 1. The van der Waals surface area contributed by atoms with Crippen molar-refractivity contribution in [1.82, 2.24) is 10.3 Å². The molecule has 0 aliphatic heterocycles. The third-order valence-electron chi connectivity index (χ3n) is 2.71. The normalized spacial score (nSPS) is 12.3. The Kier molecular flexibility index (Phi) is 4.72. The number of carboxylic acids is 1. The third kappa shape index (κ3) is 3.77. The number of halogens is 1. The first-order valence-electron chi connectivity index (χ1n) is 6.03. The van der Waals surface area contributed by atoms with Crippen LogP contribution in [-0.2, 0) is 16.0 Å². The summed E-state index contributed by atoms with van der Waals surface area (Å²) in [6.45, 7) is 1.44. The second kappa shape index (κ2) is 6.32. The number of fused-ring (bicyclic) bond motifs is 1. The Balaban J connectivity index is 1.95. The van der Waals surface area contributed by atoms with Crippen LogP contribution in [0.5, 0.6) is 0 Å². The van der Waals surface area contributed by atoms with Crippen molar-refractivity contribution in [2.75, 3.05) is 0 Å². The summed E-state index contributed by atoms with van der Waals surface area (Å²) in [5.41, 5.74) is 0.902. The maximum absolute atomic E-state index is 11.6. The van der Waals surface area contributed by atoms with Crippen LogP contribution in [0.3, 0.4) is 0 Å². The van der Waals surface area contributed by atoms with Gasteiger partial charge in [-0.05, 0) is 25.1 Å². The molecule has 106 valence electrons. The van der Waals surface area contributed by atoms with Crippen molar-refractivity contribution in [2.45, 2.75) is 25.8 Å². The lowest BCUT2D eigenvalue weighted by Gasteiger charge is -2.08. The van der Waals surface area contributed by atoms with Crippen LogP contribution in [0, 0.1) is 0 Å². The van der Waals surface area contributed by atoms with E-state index in [1.807, 2.05) is 18.2 Å². The van der Waals surface area contributed by atoms with Gasteiger partial charge in [-0.2, -0.15) is 0 Å². The van der Waals surface area contributed by atoms with Gasteiger partial charge in [0.2, 0.25) is 5.91 Å². The summed E-state index contributed by atoms with van der Waals surface area (Å²) in [4.78, 5) is 26.7. The minimum atomic E-state index is -1.04. The van der Waals surface area contributed by atoms with E-state index in [1.54, 1.807) is 11.3 Å². The van der Waals surface area contributed by atoms with E-state index in [-0.39, 0.29) is 12.3 Å². The second-order valence-corrected chi connectivity index (χ2v) is 6.38. The predicted octanol–water partition coefficient (Wildman–Crippen LogP) is 2.58. The number of hydrogen-bond acceptors (Lipinski definition) is 4. The Bertz CT molecular complexity index is 656. The molecule has 5 nitrogen and oxygen atoms in total. The fourth-order valence-electron chi connectivity index (χ4n) is 1.65. The maximum Gasteiger partial charge on any atom is 0.325 e. The number of benzene rings is 1. The molecule has 1 aromatic carbocycles. The van der Waals surface area contributed by atoms with Crippen molar-refractivity contribution in [1.29, 1.82) is 0 Å². The Morgan fingerprint density at radius 2 is 2.25 bits per heavy atom. The van der Waals surface area contributed by atoms with Gasteiger partial charge in [0, 0.05) is 17.3 Å². The molecule has 0 fully saturated rings. The van der Waals surface area contributed by atoms with Crippen LogP contribution in [0.4, 0.5) is 0 Å². The molecule has 1 aromatic heterocycles. The quantitative estimate of drug-likeness (QED) is 0.862. The first-order valence-corrected chi connectivity index (χ1v) is 7.64. The molecule has 0 radical (unpaired) electrons. The van der Waals surface area contributed by atoms with Gasteiger partial charge in [0.1, 0.15) is 6.04 Å². The molecule has 1 amide bonds. The van der Waals surface area contributed by atoms with Gasteiger partial charge in [0.05, 0.1) is 15.2 Å². The zero-order valence-corrected chi connectivity index (χ0v) is 13.1. The average molecular weight is 357 g/mol. The van der Waals surface area contributed by atoms with Gasteiger partial charge in [-0.1, -0.05) is 15.9 Å². The van der Waals surface area contributed by atoms with Crippen molar-refractivity contribution in [3.05, 3.63) is 27.7 Å². The summed E-state index contributed by atoms with van der Waals surface area (Å²) < 4.78 is 2.04. The Morgan fingerprint density at radius 1 is 1.50 bits per heavy atom. The largest absolute Gasteiger partial charge is 0.480 e. The fourth-order valence-corrected chi connectivity index (χ4v) is 2.95. The molecule has 20 heavy (non-hydrogen) atoms. The molecule has 0 saturated carbocycles.